The fourth-order valence-corrected chi connectivity index (χ4v) is 4.17. The highest BCUT2D eigenvalue weighted by atomic mass is 79.9. The van der Waals surface area contributed by atoms with E-state index < -0.39 is 29.0 Å². The maximum absolute atomic E-state index is 14.8. The van der Waals surface area contributed by atoms with Crippen LogP contribution in [-0.4, -0.2) is 5.91 Å². The van der Waals surface area contributed by atoms with E-state index >= 15 is 0 Å². The first-order valence-corrected chi connectivity index (χ1v) is 9.85. The summed E-state index contributed by atoms with van der Waals surface area (Å²) in [5.74, 6) is -1.78. The van der Waals surface area contributed by atoms with Crippen molar-refractivity contribution in [2.45, 2.75) is 6.04 Å². The Hall–Kier alpha value is -3.32. The molecule has 1 unspecified atom stereocenters. The number of carbonyl (C=O) groups is 1. The Morgan fingerprint density at radius 1 is 0.933 bits per heavy atom. The van der Waals surface area contributed by atoms with E-state index in [1.54, 1.807) is 24.3 Å². The van der Waals surface area contributed by atoms with Crippen LogP contribution in [0.25, 0.3) is 11.0 Å². The molecule has 1 atom stereocenters. The van der Waals surface area contributed by atoms with Crippen LogP contribution >= 0.6 is 15.9 Å². The molecular weight excluding hydrogens is 456 g/mol. The summed E-state index contributed by atoms with van der Waals surface area (Å²) in [6, 6.07) is 15.0. The summed E-state index contributed by atoms with van der Waals surface area (Å²) < 4.78 is 34.7. The number of amides is 1. The minimum atomic E-state index is -1.04. The largest absolute Gasteiger partial charge is 0.450 e. The summed E-state index contributed by atoms with van der Waals surface area (Å²) in [6.45, 7) is 0. The summed E-state index contributed by atoms with van der Waals surface area (Å²) in [5.41, 5.74) is 0.364. The highest BCUT2D eigenvalue weighted by Crippen LogP contribution is 2.42. The van der Waals surface area contributed by atoms with Gasteiger partial charge < -0.3 is 4.42 Å². The lowest BCUT2D eigenvalue weighted by Crippen LogP contribution is -2.30. The van der Waals surface area contributed by atoms with Crippen molar-refractivity contribution in [2.75, 3.05) is 4.90 Å². The van der Waals surface area contributed by atoms with Crippen molar-refractivity contribution in [1.29, 1.82) is 0 Å². The second kappa shape index (κ2) is 6.88. The molecule has 0 bridgehead atoms. The second-order valence-electron chi connectivity index (χ2n) is 6.89. The average Bonchev–Trinajstić information content (AvgIpc) is 3.02. The number of rotatable bonds is 2. The van der Waals surface area contributed by atoms with Crippen molar-refractivity contribution in [2.24, 2.45) is 0 Å². The molecule has 0 aliphatic carbocycles. The van der Waals surface area contributed by atoms with E-state index in [0.717, 1.165) is 0 Å². The predicted molar refractivity (Wildman–Crippen MR) is 112 cm³/mol. The maximum atomic E-state index is 14.8. The number of halogens is 3. The van der Waals surface area contributed by atoms with E-state index in [1.807, 2.05) is 0 Å². The number of anilines is 1. The molecule has 1 aliphatic rings. The first-order chi connectivity index (χ1) is 14.5. The van der Waals surface area contributed by atoms with Crippen LogP contribution in [0.1, 0.15) is 27.7 Å². The van der Waals surface area contributed by atoms with Gasteiger partial charge in [-0.3, -0.25) is 14.5 Å². The van der Waals surface area contributed by atoms with Gasteiger partial charge in [0, 0.05) is 15.7 Å². The zero-order chi connectivity index (χ0) is 21.0. The Morgan fingerprint density at radius 2 is 1.67 bits per heavy atom. The fourth-order valence-electron chi connectivity index (χ4n) is 3.80. The fraction of sp³-hybridized carbons (Fsp3) is 0.0435. The Morgan fingerprint density at radius 3 is 2.40 bits per heavy atom. The molecule has 0 spiro atoms. The van der Waals surface area contributed by atoms with Crippen LogP contribution in [0.4, 0.5) is 14.5 Å². The van der Waals surface area contributed by atoms with Crippen molar-refractivity contribution in [1.82, 2.24) is 0 Å². The zero-order valence-electron chi connectivity index (χ0n) is 15.2. The van der Waals surface area contributed by atoms with Gasteiger partial charge in [-0.1, -0.05) is 34.1 Å². The third-order valence-electron chi connectivity index (χ3n) is 5.14. The summed E-state index contributed by atoms with van der Waals surface area (Å²) in [5, 5.41) is 0.276. The zero-order valence-corrected chi connectivity index (χ0v) is 16.8. The van der Waals surface area contributed by atoms with Gasteiger partial charge in [-0.2, -0.15) is 0 Å². The van der Waals surface area contributed by atoms with Gasteiger partial charge in [0.25, 0.3) is 5.91 Å². The molecule has 0 saturated heterocycles. The van der Waals surface area contributed by atoms with Gasteiger partial charge in [0.1, 0.15) is 17.2 Å². The van der Waals surface area contributed by atoms with Gasteiger partial charge in [-0.25, -0.2) is 8.78 Å². The lowest BCUT2D eigenvalue weighted by atomic mass is 9.98. The maximum Gasteiger partial charge on any atom is 0.295 e. The molecule has 5 rings (SSSR count). The minimum absolute atomic E-state index is 0.0556. The van der Waals surface area contributed by atoms with Crippen LogP contribution in [0.2, 0.25) is 0 Å². The highest BCUT2D eigenvalue weighted by Gasteiger charge is 2.44. The van der Waals surface area contributed by atoms with E-state index in [4.69, 9.17) is 4.42 Å². The number of hydrogen-bond donors (Lipinski definition) is 0. The van der Waals surface area contributed by atoms with Crippen molar-refractivity contribution < 1.29 is 18.0 Å². The van der Waals surface area contributed by atoms with E-state index in [9.17, 15) is 18.4 Å². The molecule has 3 aromatic carbocycles. The van der Waals surface area contributed by atoms with Crippen LogP contribution in [0.3, 0.4) is 0 Å². The van der Waals surface area contributed by atoms with Crippen LogP contribution in [0.15, 0.2) is 80.4 Å². The Balaban J connectivity index is 1.84. The number of fused-ring (bicyclic) bond motifs is 2. The van der Waals surface area contributed by atoms with E-state index in [0.29, 0.717) is 10.2 Å². The van der Waals surface area contributed by atoms with Gasteiger partial charge in [-0.05, 0) is 48.5 Å². The monoisotopic (exact) mass is 467 g/mol. The third-order valence-corrected chi connectivity index (χ3v) is 5.63. The predicted octanol–water partition coefficient (Wildman–Crippen LogP) is 5.58. The van der Waals surface area contributed by atoms with Crippen molar-refractivity contribution in [3.05, 3.63) is 110 Å². The Bertz CT molecular complexity index is 1380. The topological polar surface area (TPSA) is 50.5 Å². The third kappa shape index (κ3) is 2.77. The first-order valence-electron chi connectivity index (χ1n) is 9.05. The smallest absolute Gasteiger partial charge is 0.295 e. The summed E-state index contributed by atoms with van der Waals surface area (Å²) >= 11 is 3.33. The van der Waals surface area contributed by atoms with Crippen molar-refractivity contribution >= 4 is 38.5 Å². The number of nitrogens with zero attached hydrogens (tertiary/aromatic N) is 1. The molecule has 30 heavy (non-hydrogen) atoms. The lowest BCUT2D eigenvalue weighted by molar-refractivity contribution is 0.0970. The molecule has 4 aromatic rings. The molecule has 148 valence electrons. The van der Waals surface area contributed by atoms with Gasteiger partial charge in [-0.15, -0.1) is 0 Å². The molecule has 0 fully saturated rings. The second-order valence-corrected chi connectivity index (χ2v) is 7.81. The Kier molecular flexibility index (Phi) is 4.29. The van der Waals surface area contributed by atoms with Crippen molar-refractivity contribution in [3.63, 3.8) is 0 Å². The average molecular weight is 468 g/mol. The number of hydrogen-bond acceptors (Lipinski definition) is 3. The first kappa shape index (κ1) is 18.7. The molecule has 0 radical (unpaired) electrons. The SMILES string of the molecule is O=C1c2oc3ccc(Br)cc3c(=O)c2C(c2ccccc2F)N1c1ccc(F)cc1. The van der Waals surface area contributed by atoms with Crippen LogP contribution in [0.5, 0.6) is 0 Å². The molecule has 1 amide bonds. The normalized spacial score (nSPS) is 15.6. The number of benzene rings is 3. The molecule has 1 aliphatic heterocycles. The van der Waals surface area contributed by atoms with E-state index in [2.05, 4.69) is 15.9 Å². The van der Waals surface area contributed by atoms with Gasteiger partial charge in [0.15, 0.2) is 5.43 Å². The van der Waals surface area contributed by atoms with Crippen LogP contribution in [-0.2, 0) is 0 Å². The van der Waals surface area contributed by atoms with Gasteiger partial charge >= 0.3 is 0 Å². The molecule has 7 heteroatoms. The quantitative estimate of drug-likeness (QED) is 0.386. The summed E-state index contributed by atoms with van der Waals surface area (Å²) in [7, 11) is 0. The standard InChI is InChI=1S/C23H12BrF2NO3/c24-12-5-10-18-16(11-12)21(28)19-20(15-3-1-2-4-17(15)26)27(23(29)22(19)30-18)14-8-6-13(25)7-9-14/h1-11,20H. The molecule has 0 N–H and O–H groups in total. The van der Waals surface area contributed by atoms with Gasteiger partial charge in [0.2, 0.25) is 5.76 Å². The van der Waals surface area contributed by atoms with E-state index in [1.165, 1.54) is 47.4 Å². The molecule has 1 aromatic heterocycles. The molecule has 0 saturated carbocycles. The van der Waals surface area contributed by atoms with Crippen LogP contribution in [0, 0.1) is 11.6 Å². The Labute approximate surface area is 177 Å². The highest BCUT2D eigenvalue weighted by molar-refractivity contribution is 9.10. The summed E-state index contributed by atoms with van der Waals surface area (Å²) in [6.07, 6.45) is 0. The molecule has 2 heterocycles. The molecular formula is C23H12BrF2NO3. The van der Waals surface area contributed by atoms with Crippen molar-refractivity contribution in [3.8, 4) is 0 Å². The minimum Gasteiger partial charge on any atom is -0.450 e. The lowest BCUT2D eigenvalue weighted by Gasteiger charge is -2.25. The van der Waals surface area contributed by atoms with Crippen LogP contribution < -0.4 is 10.3 Å². The van der Waals surface area contributed by atoms with Gasteiger partial charge in [0.05, 0.1) is 17.0 Å². The molecule has 4 nitrogen and oxygen atoms in total. The number of carbonyl (C=O) groups excluding carboxylic acids is 1. The van der Waals surface area contributed by atoms with E-state index in [-0.39, 0.29) is 27.9 Å². The summed E-state index contributed by atoms with van der Waals surface area (Å²) in [4.78, 5) is 28.0.